The molecule has 0 bridgehead atoms. The molecule has 0 fully saturated rings. The Balaban J connectivity index is 2.15. The van der Waals surface area contributed by atoms with E-state index in [2.05, 4.69) is 11.4 Å². The highest BCUT2D eigenvalue weighted by atomic mass is 32.2. The van der Waals surface area contributed by atoms with E-state index in [9.17, 15) is 13.2 Å². The molecule has 0 spiro atoms. The second kappa shape index (κ2) is 9.40. The lowest BCUT2D eigenvalue weighted by atomic mass is 9.97. The molecule has 6 heteroatoms. The zero-order chi connectivity index (χ0) is 20.0. The molecular weight excluding hydrogens is 360 g/mol. The Morgan fingerprint density at radius 3 is 2.52 bits per heavy atom. The van der Waals surface area contributed by atoms with Gasteiger partial charge in [0.05, 0.1) is 11.9 Å². The van der Waals surface area contributed by atoms with Gasteiger partial charge in [-0.15, -0.1) is 0 Å². The molecule has 0 unspecified atom stereocenters. The van der Waals surface area contributed by atoms with Crippen molar-refractivity contribution in [2.75, 3.05) is 17.1 Å². The number of rotatable bonds is 8. The molecule has 1 aromatic rings. The van der Waals surface area contributed by atoms with Gasteiger partial charge < -0.3 is 5.32 Å². The van der Waals surface area contributed by atoms with Crippen molar-refractivity contribution in [3.63, 3.8) is 0 Å². The van der Waals surface area contributed by atoms with Crippen molar-refractivity contribution in [1.29, 1.82) is 0 Å². The predicted octanol–water partition coefficient (Wildman–Crippen LogP) is 3.85. The van der Waals surface area contributed by atoms with E-state index in [0.29, 0.717) is 18.7 Å². The molecule has 1 aliphatic carbocycles. The summed E-state index contributed by atoms with van der Waals surface area (Å²) in [5.74, 6) is -0.238. The highest BCUT2D eigenvalue weighted by molar-refractivity contribution is 7.92. The van der Waals surface area contributed by atoms with Crippen LogP contribution in [0.3, 0.4) is 0 Å². The van der Waals surface area contributed by atoms with Gasteiger partial charge >= 0.3 is 0 Å². The van der Waals surface area contributed by atoms with Crippen LogP contribution in [-0.4, -0.2) is 33.2 Å². The molecule has 0 aromatic heterocycles. The van der Waals surface area contributed by atoms with E-state index in [1.165, 1.54) is 22.7 Å². The number of carbonyl (C=O) groups excluding carboxylic acids is 1. The average Bonchev–Trinajstić information content (AvgIpc) is 2.62. The maximum Gasteiger partial charge on any atom is 0.243 e. The largest absolute Gasteiger partial charge is 0.354 e. The molecule has 1 amide bonds. The van der Waals surface area contributed by atoms with Crippen LogP contribution in [0, 0.1) is 13.8 Å². The predicted molar refractivity (Wildman–Crippen MR) is 111 cm³/mol. The number of allylic oxidation sites excluding steroid dienone is 1. The highest BCUT2D eigenvalue weighted by Crippen LogP contribution is 2.25. The molecule has 1 N–H and O–H groups in total. The molecule has 0 saturated carbocycles. The number of hydrogen-bond donors (Lipinski definition) is 1. The van der Waals surface area contributed by atoms with E-state index in [-0.39, 0.29) is 5.91 Å². The molecule has 5 nitrogen and oxygen atoms in total. The number of benzene rings is 1. The first-order valence-corrected chi connectivity index (χ1v) is 11.6. The SMILES string of the molecule is CC[C@H](C(=O)NCCC1=CCCCC1)N(c1ccc(C)c(C)c1)S(C)(=O)=O. The Hall–Kier alpha value is -1.82. The van der Waals surface area contributed by atoms with Crippen LogP contribution in [0.4, 0.5) is 5.69 Å². The van der Waals surface area contributed by atoms with Crippen LogP contribution in [0.25, 0.3) is 0 Å². The first-order valence-electron chi connectivity index (χ1n) is 9.76. The van der Waals surface area contributed by atoms with Crippen LogP contribution in [-0.2, 0) is 14.8 Å². The van der Waals surface area contributed by atoms with Gasteiger partial charge in [0.1, 0.15) is 6.04 Å². The number of nitrogens with zero attached hydrogens (tertiary/aromatic N) is 1. The van der Waals surface area contributed by atoms with Crippen LogP contribution in [0.1, 0.15) is 56.6 Å². The molecule has 1 atom stereocenters. The molecule has 150 valence electrons. The summed E-state index contributed by atoms with van der Waals surface area (Å²) in [6, 6.07) is 4.75. The highest BCUT2D eigenvalue weighted by Gasteiger charge is 2.31. The summed E-state index contributed by atoms with van der Waals surface area (Å²) in [7, 11) is -3.59. The lowest BCUT2D eigenvalue weighted by Crippen LogP contribution is -2.49. The monoisotopic (exact) mass is 392 g/mol. The number of anilines is 1. The minimum atomic E-state index is -3.59. The first-order chi connectivity index (χ1) is 12.7. The van der Waals surface area contributed by atoms with Crippen LogP contribution in [0.15, 0.2) is 29.8 Å². The van der Waals surface area contributed by atoms with Gasteiger partial charge in [0.15, 0.2) is 0 Å². The normalized spacial score (nSPS) is 15.8. The van der Waals surface area contributed by atoms with E-state index in [1.54, 1.807) is 6.07 Å². The lowest BCUT2D eigenvalue weighted by molar-refractivity contribution is -0.122. The second-order valence-corrected chi connectivity index (χ2v) is 9.26. The van der Waals surface area contributed by atoms with Crippen LogP contribution in [0.5, 0.6) is 0 Å². The number of aryl methyl sites for hydroxylation is 2. The molecule has 2 rings (SSSR count). The third-order valence-electron chi connectivity index (χ3n) is 5.21. The Labute approximate surface area is 163 Å². The lowest BCUT2D eigenvalue weighted by Gasteiger charge is -2.30. The number of nitrogens with one attached hydrogen (secondary N) is 1. The number of hydrogen-bond acceptors (Lipinski definition) is 3. The fraction of sp³-hybridized carbons (Fsp3) is 0.571. The van der Waals surface area contributed by atoms with Gasteiger partial charge in [-0.3, -0.25) is 9.10 Å². The molecule has 27 heavy (non-hydrogen) atoms. The quantitative estimate of drug-likeness (QED) is 0.683. The van der Waals surface area contributed by atoms with E-state index in [0.717, 1.165) is 36.6 Å². The average molecular weight is 393 g/mol. The summed E-state index contributed by atoms with van der Waals surface area (Å²) in [6.07, 6.45) is 9.36. The third-order valence-corrected chi connectivity index (χ3v) is 6.38. The van der Waals surface area contributed by atoms with Crippen molar-refractivity contribution < 1.29 is 13.2 Å². The summed E-state index contributed by atoms with van der Waals surface area (Å²) in [4.78, 5) is 12.8. The summed E-state index contributed by atoms with van der Waals surface area (Å²) in [5, 5.41) is 2.94. The van der Waals surface area contributed by atoms with Gasteiger partial charge in [0, 0.05) is 6.54 Å². The summed E-state index contributed by atoms with van der Waals surface area (Å²) >= 11 is 0. The summed E-state index contributed by atoms with van der Waals surface area (Å²) < 4.78 is 26.2. The fourth-order valence-electron chi connectivity index (χ4n) is 3.52. The van der Waals surface area contributed by atoms with Gasteiger partial charge in [0.25, 0.3) is 0 Å². The van der Waals surface area contributed by atoms with Crippen molar-refractivity contribution in [3.8, 4) is 0 Å². The second-order valence-electron chi connectivity index (χ2n) is 7.40. The van der Waals surface area contributed by atoms with Crippen molar-refractivity contribution in [2.24, 2.45) is 0 Å². The van der Waals surface area contributed by atoms with E-state index >= 15 is 0 Å². The van der Waals surface area contributed by atoms with Gasteiger partial charge in [0.2, 0.25) is 15.9 Å². The van der Waals surface area contributed by atoms with Gasteiger partial charge in [-0.25, -0.2) is 8.42 Å². The molecule has 0 aliphatic heterocycles. The molecule has 0 radical (unpaired) electrons. The fourth-order valence-corrected chi connectivity index (χ4v) is 4.72. The maximum absolute atomic E-state index is 12.8. The summed E-state index contributed by atoms with van der Waals surface area (Å²) in [6.45, 7) is 6.31. The van der Waals surface area contributed by atoms with E-state index in [4.69, 9.17) is 0 Å². The number of sulfonamides is 1. The van der Waals surface area contributed by atoms with Crippen molar-refractivity contribution in [1.82, 2.24) is 5.32 Å². The minimum Gasteiger partial charge on any atom is -0.354 e. The smallest absolute Gasteiger partial charge is 0.243 e. The Morgan fingerprint density at radius 2 is 1.96 bits per heavy atom. The van der Waals surface area contributed by atoms with Crippen molar-refractivity contribution in [3.05, 3.63) is 41.0 Å². The van der Waals surface area contributed by atoms with E-state index in [1.807, 2.05) is 32.9 Å². The molecular formula is C21H32N2O3S. The van der Waals surface area contributed by atoms with Crippen molar-refractivity contribution >= 4 is 21.6 Å². The third kappa shape index (κ3) is 5.83. The summed E-state index contributed by atoms with van der Waals surface area (Å²) in [5.41, 5.74) is 4.02. The zero-order valence-corrected chi connectivity index (χ0v) is 17.7. The molecule has 0 saturated heterocycles. The number of amides is 1. The Bertz CT molecular complexity index is 800. The molecule has 1 aliphatic rings. The number of carbonyl (C=O) groups is 1. The van der Waals surface area contributed by atoms with E-state index < -0.39 is 16.1 Å². The van der Waals surface area contributed by atoms with Crippen LogP contribution in [0.2, 0.25) is 0 Å². The Kier molecular flexibility index (Phi) is 7.48. The molecule has 1 aromatic carbocycles. The van der Waals surface area contributed by atoms with Crippen LogP contribution < -0.4 is 9.62 Å². The van der Waals surface area contributed by atoms with Crippen molar-refractivity contribution in [2.45, 2.75) is 65.3 Å². The maximum atomic E-state index is 12.8. The minimum absolute atomic E-state index is 0.238. The molecule has 0 heterocycles. The first kappa shape index (κ1) is 21.5. The zero-order valence-electron chi connectivity index (χ0n) is 16.9. The van der Waals surface area contributed by atoms with Gasteiger partial charge in [-0.1, -0.05) is 24.6 Å². The Morgan fingerprint density at radius 1 is 1.22 bits per heavy atom. The standard InChI is InChI=1S/C21H32N2O3S/c1-5-20(21(24)22-14-13-18-9-7-6-8-10-18)23(27(4,25)26)19-12-11-16(2)17(3)15-19/h9,11-12,15,20H,5-8,10,13-14H2,1-4H3,(H,22,24)/t20-/m1/s1. The van der Waals surface area contributed by atoms with Gasteiger partial charge in [-0.05, 0) is 75.6 Å². The van der Waals surface area contributed by atoms with Gasteiger partial charge in [-0.2, -0.15) is 0 Å². The topological polar surface area (TPSA) is 66.5 Å². The van der Waals surface area contributed by atoms with Crippen LogP contribution >= 0.6 is 0 Å².